The molecule has 1 heterocycles. The highest BCUT2D eigenvalue weighted by Gasteiger charge is 2.46. The van der Waals surface area contributed by atoms with E-state index in [1.54, 1.807) is 0 Å². The second-order valence-electron chi connectivity index (χ2n) is 5.81. The highest BCUT2D eigenvalue weighted by molar-refractivity contribution is 7.89. The average Bonchev–Trinajstić information content (AvgIpc) is 3.10. The fourth-order valence-electron chi connectivity index (χ4n) is 2.82. The minimum Gasteiger partial charge on any atom is -0.361 e. The number of hydrogen-bond donors (Lipinski definition) is 2. The normalized spacial score (nSPS) is 17.2. The maximum absolute atomic E-state index is 11.8. The Kier molecular flexibility index (Phi) is 3.76. The fourth-order valence-corrected chi connectivity index (χ4v) is 4.17. The molecule has 1 aromatic heterocycles. The quantitative estimate of drug-likeness (QED) is 0.856. The molecule has 2 N–H and O–H groups in total. The van der Waals surface area contributed by atoms with Gasteiger partial charge >= 0.3 is 0 Å². The Morgan fingerprint density at radius 1 is 1.38 bits per heavy atom. The fraction of sp³-hybridized carbons (Fsp3) is 0.467. The largest absolute Gasteiger partial charge is 0.361 e. The maximum Gasteiger partial charge on any atom is 0.211 e. The van der Waals surface area contributed by atoms with Crippen molar-refractivity contribution in [3.05, 3.63) is 35.0 Å². The second-order valence-corrected chi connectivity index (χ2v) is 8.18. The zero-order valence-corrected chi connectivity index (χ0v) is 13.5. The van der Waals surface area contributed by atoms with Crippen molar-refractivity contribution in [2.45, 2.75) is 31.6 Å². The van der Waals surface area contributed by atoms with Gasteiger partial charge in [0, 0.05) is 34.1 Å². The topological polar surface area (TPSA) is 62.0 Å². The van der Waals surface area contributed by atoms with Crippen molar-refractivity contribution < 1.29 is 8.42 Å². The molecule has 0 bridgehead atoms. The predicted octanol–water partition coefficient (Wildman–Crippen LogP) is 3.18. The molecule has 0 saturated heterocycles. The van der Waals surface area contributed by atoms with Gasteiger partial charge in [-0.25, -0.2) is 13.1 Å². The molecule has 3 rings (SSSR count). The molecule has 0 spiro atoms. The molecule has 1 fully saturated rings. The molecule has 114 valence electrons. The van der Waals surface area contributed by atoms with Gasteiger partial charge in [-0.15, -0.1) is 0 Å². The molecule has 0 aliphatic heterocycles. The first-order chi connectivity index (χ1) is 9.96. The SMILES string of the molecule is CCCS(=O)(=O)NCC1(c2c[nH]c3cc(Cl)ccc23)CC1. The van der Waals surface area contributed by atoms with Crippen LogP contribution in [0.2, 0.25) is 5.02 Å². The van der Waals surface area contributed by atoms with E-state index in [0.717, 1.165) is 23.7 Å². The van der Waals surface area contributed by atoms with Crippen LogP contribution in [0.25, 0.3) is 10.9 Å². The van der Waals surface area contributed by atoms with E-state index >= 15 is 0 Å². The van der Waals surface area contributed by atoms with Crippen LogP contribution in [-0.4, -0.2) is 25.7 Å². The summed E-state index contributed by atoms with van der Waals surface area (Å²) in [5.74, 6) is 0.187. The van der Waals surface area contributed by atoms with Crippen LogP contribution >= 0.6 is 11.6 Å². The molecule has 0 radical (unpaired) electrons. The first-order valence-corrected chi connectivity index (χ1v) is 9.23. The van der Waals surface area contributed by atoms with Gasteiger partial charge in [0.15, 0.2) is 0 Å². The van der Waals surface area contributed by atoms with E-state index in [4.69, 9.17) is 11.6 Å². The molecule has 4 nitrogen and oxygen atoms in total. The summed E-state index contributed by atoms with van der Waals surface area (Å²) >= 11 is 6.00. The molecule has 21 heavy (non-hydrogen) atoms. The van der Waals surface area contributed by atoms with Crippen LogP contribution in [0, 0.1) is 0 Å². The van der Waals surface area contributed by atoms with Crippen molar-refractivity contribution >= 4 is 32.5 Å². The lowest BCUT2D eigenvalue weighted by atomic mass is 9.96. The number of rotatable bonds is 6. The Hall–Kier alpha value is -1.04. The number of aromatic amines is 1. The van der Waals surface area contributed by atoms with Gasteiger partial charge in [0.1, 0.15) is 0 Å². The van der Waals surface area contributed by atoms with Crippen molar-refractivity contribution in [1.82, 2.24) is 9.71 Å². The zero-order chi connectivity index (χ0) is 15.1. The Morgan fingerprint density at radius 3 is 2.81 bits per heavy atom. The van der Waals surface area contributed by atoms with E-state index in [1.165, 1.54) is 5.56 Å². The Morgan fingerprint density at radius 2 is 2.14 bits per heavy atom. The summed E-state index contributed by atoms with van der Waals surface area (Å²) in [6.45, 7) is 2.35. The third-order valence-electron chi connectivity index (χ3n) is 4.17. The highest BCUT2D eigenvalue weighted by Crippen LogP contribution is 2.50. The molecule has 1 saturated carbocycles. The molecular formula is C15H19ClN2O2S. The van der Waals surface area contributed by atoms with Crippen LogP contribution in [-0.2, 0) is 15.4 Å². The number of nitrogens with one attached hydrogen (secondary N) is 2. The number of fused-ring (bicyclic) bond motifs is 1. The van der Waals surface area contributed by atoms with Gasteiger partial charge in [0.05, 0.1) is 5.75 Å². The lowest BCUT2D eigenvalue weighted by Gasteiger charge is -2.15. The second kappa shape index (κ2) is 5.30. The van der Waals surface area contributed by atoms with Crippen LogP contribution < -0.4 is 4.72 Å². The first-order valence-electron chi connectivity index (χ1n) is 7.20. The highest BCUT2D eigenvalue weighted by atomic mass is 35.5. The number of benzene rings is 1. The van der Waals surface area contributed by atoms with E-state index in [1.807, 2.05) is 31.3 Å². The minimum absolute atomic E-state index is 0.0626. The summed E-state index contributed by atoms with van der Waals surface area (Å²) in [6, 6.07) is 5.78. The van der Waals surface area contributed by atoms with Crippen LogP contribution in [0.4, 0.5) is 0 Å². The van der Waals surface area contributed by atoms with Gasteiger partial charge in [-0.05, 0) is 37.0 Å². The number of H-pyrrole nitrogens is 1. The number of aromatic nitrogens is 1. The van der Waals surface area contributed by atoms with Gasteiger partial charge in [-0.3, -0.25) is 0 Å². The third-order valence-corrected chi connectivity index (χ3v) is 5.94. The van der Waals surface area contributed by atoms with Crippen LogP contribution in [0.15, 0.2) is 24.4 Å². The van der Waals surface area contributed by atoms with E-state index in [0.29, 0.717) is 18.0 Å². The van der Waals surface area contributed by atoms with Crippen LogP contribution in [0.5, 0.6) is 0 Å². The minimum atomic E-state index is -3.16. The van der Waals surface area contributed by atoms with Gasteiger partial charge in [-0.1, -0.05) is 24.6 Å². The molecule has 1 aliphatic rings. The average molecular weight is 327 g/mol. The van der Waals surface area contributed by atoms with Crippen molar-refractivity contribution in [2.75, 3.05) is 12.3 Å². The van der Waals surface area contributed by atoms with Crippen molar-refractivity contribution in [2.24, 2.45) is 0 Å². The molecule has 2 aromatic rings. The first kappa shape index (κ1) is 14.9. The molecule has 6 heteroatoms. The third kappa shape index (κ3) is 2.96. The molecular weight excluding hydrogens is 308 g/mol. The number of hydrogen-bond acceptors (Lipinski definition) is 2. The van der Waals surface area contributed by atoms with Gasteiger partial charge in [0.2, 0.25) is 10.0 Å². The summed E-state index contributed by atoms with van der Waals surface area (Å²) in [5.41, 5.74) is 2.13. The van der Waals surface area contributed by atoms with E-state index in [2.05, 4.69) is 9.71 Å². The van der Waals surface area contributed by atoms with E-state index in [-0.39, 0.29) is 11.2 Å². The van der Waals surface area contributed by atoms with Crippen molar-refractivity contribution in [3.63, 3.8) is 0 Å². The summed E-state index contributed by atoms with van der Waals surface area (Å²) in [6.07, 6.45) is 4.64. The molecule has 1 aliphatic carbocycles. The van der Waals surface area contributed by atoms with Gasteiger partial charge in [0.25, 0.3) is 0 Å². The molecule has 1 aromatic carbocycles. The number of sulfonamides is 1. The Bertz CT molecular complexity index is 763. The maximum atomic E-state index is 11.8. The van der Waals surface area contributed by atoms with Crippen molar-refractivity contribution in [1.29, 1.82) is 0 Å². The zero-order valence-electron chi connectivity index (χ0n) is 11.9. The van der Waals surface area contributed by atoms with Crippen molar-refractivity contribution in [3.8, 4) is 0 Å². The Balaban J connectivity index is 1.85. The smallest absolute Gasteiger partial charge is 0.211 e. The van der Waals surface area contributed by atoms with Crippen LogP contribution in [0.3, 0.4) is 0 Å². The van der Waals surface area contributed by atoms with E-state index < -0.39 is 10.0 Å². The summed E-state index contributed by atoms with van der Waals surface area (Å²) in [4.78, 5) is 3.24. The summed E-state index contributed by atoms with van der Waals surface area (Å²) in [5, 5.41) is 1.83. The van der Waals surface area contributed by atoms with E-state index in [9.17, 15) is 8.42 Å². The van der Waals surface area contributed by atoms with Crippen LogP contribution in [0.1, 0.15) is 31.7 Å². The standard InChI is InChI=1S/C15H19ClN2O2S/c1-2-7-21(19,20)18-10-15(5-6-15)13-9-17-14-8-11(16)3-4-12(13)14/h3-4,8-9,17-18H,2,5-7,10H2,1H3. The lowest BCUT2D eigenvalue weighted by Crippen LogP contribution is -2.33. The lowest BCUT2D eigenvalue weighted by molar-refractivity contribution is 0.566. The summed E-state index contributed by atoms with van der Waals surface area (Å²) in [7, 11) is -3.16. The molecule has 0 unspecified atom stereocenters. The number of halogens is 1. The monoisotopic (exact) mass is 326 g/mol. The Labute approximate surface area is 129 Å². The van der Waals surface area contributed by atoms with Gasteiger partial charge < -0.3 is 4.98 Å². The molecule has 0 amide bonds. The predicted molar refractivity (Wildman–Crippen MR) is 86.3 cm³/mol. The van der Waals surface area contributed by atoms with Gasteiger partial charge in [-0.2, -0.15) is 0 Å². The summed E-state index contributed by atoms with van der Waals surface area (Å²) < 4.78 is 26.5. The molecule has 0 atom stereocenters.